The van der Waals surface area contributed by atoms with Crippen LogP contribution in [0, 0.1) is 0 Å². The number of anilines is 2. The lowest BCUT2D eigenvalue weighted by molar-refractivity contribution is -0.142. The molecule has 8 nitrogen and oxygen atoms in total. The van der Waals surface area contributed by atoms with Gasteiger partial charge in [0.25, 0.3) is 0 Å². The highest BCUT2D eigenvalue weighted by molar-refractivity contribution is 8.14. The number of carbonyl (C=O) groups is 2. The Bertz CT molecular complexity index is 1070. The highest BCUT2D eigenvalue weighted by Gasteiger charge is 2.17. The first-order valence-electron chi connectivity index (χ1n) is 9.74. The van der Waals surface area contributed by atoms with Gasteiger partial charge in [0.2, 0.25) is 12.7 Å². The lowest BCUT2D eigenvalue weighted by Gasteiger charge is -2.10. The van der Waals surface area contributed by atoms with Crippen molar-refractivity contribution >= 4 is 45.7 Å². The molecule has 0 aromatic heterocycles. The molecular weight excluding hydrogens is 418 g/mol. The third-order valence-corrected chi connectivity index (χ3v) is 5.29. The Morgan fingerprint density at radius 2 is 2.03 bits per heavy atom. The molecule has 0 unspecified atom stereocenters. The largest absolute Gasteiger partial charge is 0.466 e. The molecule has 2 aromatic rings. The first-order valence-corrected chi connectivity index (χ1v) is 10.7. The van der Waals surface area contributed by atoms with Crippen LogP contribution >= 0.6 is 11.8 Å². The van der Waals surface area contributed by atoms with Crippen LogP contribution in [0.15, 0.2) is 59.2 Å². The molecule has 1 amide bonds. The zero-order chi connectivity index (χ0) is 21.6. The van der Waals surface area contributed by atoms with Gasteiger partial charge >= 0.3 is 5.97 Å². The fourth-order valence-corrected chi connectivity index (χ4v) is 3.77. The number of ether oxygens (including phenoxy) is 3. The average Bonchev–Trinajstić information content (AvgIpc) is 3.13. The summed E-state index contributed by atoms with van der Waals surface area (Å²) in [6, 6.07) is 12.8. The van der Waals surface area contributed by atoms with Crippen molar-refractivity contribution in [3.63, 3.8) is 0 Å². The van der Waals surface area contributed by atoms with E-state index in [-0.39, 0.29) is 30.8 Å². The van der Waals surface area contributed by atoms with Crippen molar-refractivity contribution in [1.82, 2.24) is 0 Å². The number of esters is 1. The highest BCUT2D eigenvalue weighted by Crippen LogP contribution is 2.34. The summed E-state index contributed by atoms with van der Waals surface area (Å²) in [5, 5.41) is 6.70. The first kappa shape index (κ1) is 20.8. The molecule has 2 aromatic carbocycles. The minimum atomic E-state index is -0.328. The van der Waals surface area contributed by atoms with Gasteiger partial charge in [0, 0.05) is 17.5 Å². The summed E-state index contributed by atoms with van der Waals surface area (Å²) in [6.07, 6.45) is 1.86. The maximum absolute atomic E-state index is 12.5. The Morgan fingerprint density at radius 3 is 2.90 bits per heavy atom. The zero-order valence-corrected chi connectivity index (χ0v) is 17.7. The smallest absolute Gasteiger partial charge is 0.311 e. The van der Waals surface area contributed by atoms with Crippen LogP contribution in [-0.4, -0.2) is 36.1 Å². The predicted molar refractivity (Wildman–Crippen MR) is 120 cm³/mol. The lowest BCUT2D eigenvalue weighted by Crippen LogP contribution is -2.15. The van der Waals surface area contributed by atoms with Crippen molar-refractivity contribution in [2.45, 2.75) is 13.3 Å². The standard InChI is InChI=1S/C22H21N3O5S/c1-2-28-22(27)11-15-10-21(25-17-6-4-3-5-16(17)23-15)31-12-20(26)24-14-7-8-18-19(9-14)30-13-29-18/h3-10,23H,2,11-13H2,1H3,(H,24,26). The number of nitrogens with one attached hydrogen (secondary N) is 2. The Hall–Kier alpha value is -3.46. The molecule has 0 aliphatic carbocycles. The summed E-state index contributed by atoms with van der Waals surface area (Å²) in [5.41, 5.74) is 2.81. The van der Waals surface area contributed by atoms with E-state index in [1.54, 1.807) is 31.2 Å². The SMILES string of the molecule is CCOC(=O)CC1=CC(SCC(=O)Nc2ccc3c(c2)OCO3)=Nc2ccccc2N1. The zero-order valence-electron chi connectivity index (χ0n) is 16.8. The minimum absolute atomic E-state index is 0.0884. The number of hydrogen-bond acceptors (Lipinski definition) is 8. The van der Waals surface area contributed by atoms with Gasteiger partial charge in [-0.05, 0) is 37.3 Å². The first-order chi connectivity index (χ1) is 15.1. The third kappa shape index (κ3) is 5.37. The Kier molecular flexibility index (Phi) is 6.42. The number of benzene rings is 2. The molecule has 0 atom stereocenters. The molecule has 2 aliphatic heterocycles. The van der Waals surface area contributed by atoms with Gasteiger partial charge in [-0.25, -0.2) is 4.99 Å². The number of fused-ring (bicyclic) bond motifs is 2. The van der Waals surface area contributed by atoms with Crippen molar-refractivity contribution in [2.75, 3.05) is 29.8 Å². The molecule has 160 valence electrons. The van der Waals surface area contributed by atoms with Crippen LogP contribution in [0.2, 0.25) is 0 Å². The fourth-order valence-electron chi connectivity index (χ4n) is 3.03. The van der Waals surface area contributed by atoms with Gasteiger partial charge in [-0.15, -0.1) is 0 Å². The van der Waals surface area contributed by atoms with Crippen LogP contribution < -0.4 is 20.1 Å². The van der Waals surface area contributed by atoms with Gasteiger partial charge in [-0.1, -0.05) is 23.9 Å². The molecule has 2 aliphatic rings. The van der Waals surface area contributed by atoms with Gasteiger partial charge < -0.3 is 24.8 Å². The number of aliphatic imine (C=N–C) groups is 1. The van der Waals surface area contributed by atoms with Crippen molar-refractivity contribution < 1.29 is 23.8 Å². The van der Waals surface area contributed by atoms with Crippen molar-refractivity contribution in [1.29, 1.82) is 0 Å². The summed E-state index contributed by atoms with van der Waals surface area (Å²) in [7, 11) is 0. The second-order valence-corrected chi connectivity index (χ2v) is 7.64. The van der Waals surface area contributed by atoms with Crippen LogP contribution in [0.1, 0.15) is 13.3 Å². The van der Waals surface area contributed by atoms with E-state index < -0.39 is 0 Å². The summed E-state index contributed by atoms with van der Waals surface area (Å²) < 4.78 is 15.7. The van der Waals surface area contributed by atoms with E-state index in [1.165, 1.54) is 11.8 Å². The van der Waals surface area contributed by atoms with E-state index in [0.717, 1.165) is 11.4 Å². The summed E-state index contributed by atoms with van der Waals surface area (Å²) in [4.78, 5) is 29.1. The summed E-state index contributed by atoms with van der Waals surface area (Å²) in [5.74, 6) is 0.903. The van der Waals surface area contributed by atoms with E-state index in [4.69, 9.17) is 14.2 Å². The van der Waals surface area contributed by atoms with Crippen molar-refractivity contribution in [2.24, 2.45) is 4.99 Å². The van der Waals surface area contributed by atoms with Crippen LogP contribution in [0.3, 0.4) is 0 Å². The molecule has 31 heavy (non-hydrogen) atoms. The van der Waals surface area contributed by atoms with Crippen LogP contribution in [0.25, 0.3) is 0 Å². The summed E-state index contributed by atoms with van der Waals surface area (Å²) in [6.45, 7) is 2.26. The highest BCUT2D eigenvalue weighted by atomic mass is 32.2. The predicted octanol–water partition coefficient (Wildman–Crippen LogP) is 4.08. The molecular formula is C22H21N3O5S. The number of thioether (sulfide) groups is 1. The second-order valence-electron chi connectivity index (χ2n) is 6.65. The second kappa shape index (κ2) is 9.57. The van der Waals surface area contributed by atoms with Gasteiger partial charge in [-0.3, -0.25) is 9.59 Å². The van der Waals surface area contributed by atoms with E-state index in [9.17, 15) is 9.59 Å². The normalized spacial score (nSPS) is 13.8. The molecule has 0 bridgehead atoms. The molecule has 2 N–H and O–H groups in total. The quantitative estimate of drug-likeness (QED) is 0.655. The average molecular weight is 439 g/mol. The van der Waals surface area contributed by atoms with Crippen LogP contribution in [0.4, 0.5) is 17.1 Å². The molecule has 2 heterocycles. The topological polar surface area (TPSA) is 98.3 Å². The molecule has 0 saturated carbocycles. The molecule has 0 spiro atoms. The number of rotatable bonds is 6. The number of amides is 1. The maximum atomic E-state index is 12.5. The Morgan fingerprint density at radius 1 is 1.19 bits per heavy atom. The van der Waals surface area contributed by atoms with Gasteiger partial charge in [0.1, 0.15) is 0 Å². The molecule has 0 fully saturated rings. The van der Waals surface area contributed by atoms with Gasteiger partial charge in [0.05, 0.1) is 35.2 Å². The van der Waals surface area contributed by atoms with E-state index in [0.29, 0.717) is 34.5 Å². The van der Waals surface area contributed by atoms with E-state index in [2.05, 4.69) is 15.6 Å². The Balaban J connectivity index is 1.44. The molecule has 9 heteroatoms. The maximum Gasteiger partial charge on any atom is 0.311 e. The van der Waals surface area contributed by atoms with Gasteiger partial charge in [-0.2, -0.15) is 0 Å². The van der Waals surface area contributed by atoms with Crippen LogP contribution in [0.5, 0.6) is 11.5 Å². The number of hydrogen-bond donors (Lipinski definition) is 2. The van der Waals surface area contributed by atoms with Crippen LogP contribution in [-0.2, 0) is 14.3 Å². The number of para-hydroxylation sites is 2. The van der Waals surface area contributed by atoms with E-state index >= 15 is 0 Å². The monoisotopic (exact) mass is 439 g/mol. The molecule has 4 rings (SSSR count). The van der Waals surface area contributed by atoms with Gasteiger partial charge in [0.15, 0.2) is 11.5 Å². The minimum Gasteiger partial charge on any atom is -0.466 e. The van der Waals surface area contributed by atoms with Crippen molar-refractivity contribution in [3.05, 3.63) is 54.2 Å². The number of nitrogens with zero attached hydrogens (tertiary/aromatic N) is 1. The van der Waals surface area contributed by atoms with E-state index in [1.807, 2.05) is 24.3 Å². The van der Waals surface area contributed by atoms with Crippen molar-refractivity contribution in [3.8, 4) is 11.5 Å². The summed E-state index contributed by atoms with van der Waals surface area (Å²) >= 11 is 1.28. The third-order valence-electron chi connectivity index (χ3n) is 4.38. The molecule has 0 radical (unpaired) electrons. The Labute approximate surface area is 183 Å². The molecule has 0 saturated heterocycles. The lowest BCUT2D eigenvalue weighted by atomic mass is 10.2. The fraction of sp³-hybridized carbons (Fsp3) is 0.227. The number of carbonyl (C=O) groups excluding carboxylic acids is 2.